The van der Waals surface area contributed by atoms with E-state index in [1.165, 1.54) is 0 Å². The lowest BCUT2D eigenvalue weighted by molar-refractivity contribution is 0.168. The first kappa shape index (κ1) is 12.9. The number of rotatable bonds is 5. The largest absolute Gasteiger partial charge is 0.489 e. The van der Waals surface area contributed by atoms with Gasteiger partial charge in [-0.15, -0.1) is 0 Å². The van der Waals surface area contributed by atoms with Crippen LogP contribution in [0.25, 0.3) is 0 Å². The highest BCUT2D eigenvalue weighted by molar-refractivity contribution is 5.37. The van der Waals surface area contributed by atoms with Crippen LogP contribution in [0.2, 0.25) is 0 Å². The van der Waals surface area contributed by atoms with Crippen LogP contribution in [0.1, 0.15) is 25.0 Å². The first-order chi connectivity index (χ1) is 8.81. The molecule has 92 valence electrons. The average molecular weight is 240 g/mol. The molecular formula is C16H16O2. The highest BCUT2D eigenvalue weighted by Crippen LogP contribution is 2.27. The van der Waals surface area contributed by atoms with Gasteiger partial charge in [-0.3, -0.25) is 0 Å². The van der Waals surface area contributed by atoms with Crippen LogP contribution >= 0.6 is 0 Å². The molecule has 1 atom stereocenters. The number of allylic oxidation sites excluding steroid dienone is 3. The van der Waals surface area contributed by atoms with E-state index in [2.05, 4.69) is 12.8 Å². The van der Waals surface area contributed by atoms with Crippen molar-refractivity contribution in [1.29, 1.82) is 0 Å². The van der Waals surface area contributed by atoms with Gasteiger partial charge in [0, 0.05) is 18.4 Å². The average Bonchev–Trinajstić information content (AvgIpc) is 2.45. The second kappa shape index (κ2) is 6.41. The summed E-state index contributed by atoms with van der Waals surface area (Å²) < 4.78 is 5.73. The van der Waals surface area contributed by atoms with Crippen LogP contribution in [0, 0.1) is 12.8 Å². The van der Waals surface area contributed by atoms with Crippen molar-refractivity contribution >= 4 is 0 Å². The van der Waals surface area contributed by atoms with E-state index in [0.717, 1.165) is 16.9 Å². The number of aliphatic hydroxyl groups excluding tert-OH is 1. The van der Waals surface area contributed by atoms with Gasteiger partial charge in [0.2, 0.25) is 0 Å². The number of ether oxygens (including phenoxy) is 1. The van der Waals surface area contributed by atoms with Crippen LogP contribution in [0.4, 0.5) is 0 Å². The number of benzene rings is 1. The predicted octanol–water partition coefficient (Wildman–Crippen LogP) is 3.17. The highest BCUT2D eigenvalue weighted by atomic mass is 16.5. The molecule has 2 nitrogen and oxygen atoms in total. The van der Waals surface area contributed by atoms with Crippen LogP contribution in [-0.4, -0.2) is 11.7 Å². The quantitative estimate of drug-likeness (QED) is 0.856. The van der Waals surface area contributed by atoms with Crippen molar-refractivity contribution in [3.63, 3.8) is 0 Å². The van der Waals surface area contributed by atoms with E-state index in [9.17, 15) is 5.11 Å². The number of hydrogen-bond donors (Lipinski definition) is 1. The Bertz CT molecular complexity index is 446. The monoisotopic (exact) mass is 240 g/mol. The summed E-state index contributed by atoms with van der Waals surface area (Å²) in [5, 5.41) is 9.91. The zero-order chi connectivity index (χ0) is 12.8. The molecular weight excluding hydrogens is 224 g/mol. The molecule has 0 fully saturated rings. The molecule has 1 N–H and O–H groups in total. The Hall–Kier alpha value is -1.54. The van der Waals surface area contributed by atoms with E-state index in [1.54, 1.807) is 6.08 Å². The maximum absolute atomic E-state index is 9.91. The summed E-state index contributed by atoms with van der Waals surface area (Å²) in [4.78, 5) is 0. The number of para-hydroxylation sites is 1. The second-order valence-corrected chi connectivity index (χ2v) is 4.07. The van der Waals surface area contributed by atoms with Gasteiger partial charge in [-0.1, -0.05) is 43.4 Å². The third-order valence-electron chi connectivity index (χ3n) is 2.76. The molecule has 0 saturated heterocycles. The SMILES string of the molecule is CCC(O)c1ccccc1OCC1=CC=C[C][C]1. The fraction of sp³-hybridized carbons (Fsp3) is 0.250. The summed E-state index contributed by atoms with van der Waals surface area (Å²) in [5.74, 6) is 0.726. The minimum absolute atomic E-state index is 0.435. The maximum Gasteiger partial charge on any atom is 0.125 e. The molecule has 0 aliphatic heterocycles. The molecule has 1 aromatic rings. The van der Waals surface area contributed by atoms with E-state index >= 15 is 0 Å². The first-order valence-electron chi connectivity index (χ1n) is 6.08. The Kier molecular flexibility index (Phi) is 4.59. The van der Waals surface area contributed by atoms with Gasteiger partial charge in [-0.05, 0) is 18.1 Å². The smallest absolute Gasteiger partial charge is 0.125 e. The normalized spacial score (nSPS) is 16.2. The van der Waals surface area contributed by atoms with Crippen molar-refractivity contribution in [2.45, 2.75) is 19.4 Å². The van der Waals surface area contributed by atoms with Crippen LogP contribution in [0.5, 0.6) is 5.75 Å². The van der Waals surface area contributed by atoms with Gasteiger partial charge in [-0.2, -0.15) is 0 Å². The minimum Gasteiger partial charge on any atom is -0.489 e. The van der Waals surface area contributed by atoms with Crippen LogP contribution in [0.3, 0.4) is 0 Å². The van der Waals surface area contributed by atoms with Gasteiger partial charge < -0.3 is 9.84 Å². The summed E-state index contributed by atoms with van der Waals surface area (Å²) in [7, 11) is 0. The van der Waals surface area contributed by atoms with Crippen molar-refractivity contribution in [1.82, 2.24) is 0 Å². The van der Waals surface area contributed by atoms with Crippen molar-refractivity contribution in [2.75, 3.05) is 6.61 Å². The standard InChI is InChI=1S/C16H16O2/c1-2-15(17)14-10-6-7-11-16(14)18-12-13-8-4-3-5-9-13/h3-4,6-8,10-11,15,17H,2,12H2,1H3. The molecule has 1 aliphatic rings. The predicted molar refractivity (Wildman–Crippen MR) is 70.9 cm³/mol. The Morgan fingerprint density at radius 1 is 1.33 bits per heavy atom. The van der Waals surface area contributed by atoms with E-state index in [0.29, 0.717) is 13.0 Å². The Morgan fingerprint density at radius 3 is 2.89 bits per heavy atom. The van der Waals surface area contributed by atoms with Crippen LogP contribution < -0.4 is 4.74 Å². The molecule has 1 unspecified atom stereocenters. The molecule has 4 radical (unpaired) electrons. The van der Waals surface area contributed by atoms with Gasteiger partial charge in [0.15, 0.2) is 0 Å². The topological polar surface area (TPSA) is 29.5 Å². The molecule has 0 saturated carbocycles. The molecule has 18 heavy (non-hydrogen) atoms. The summed E-state index contributed by atoms with van der Waals surface area (Å²) in [6.07, 6.45) is 11.7. The zero-order valence-corrected chi connectivity index (χ0v) is 10.4. The van der Waals surface area contributed by atoms with Crippen molar-refractivity contribution in [3.8, 4) is 5.75 Å². The van der Waals surface area contributed by atoms with Crippen molar-refractivity contribution < 1.29 is 9.84 Å². The van der Waals surface area contributed by atoms with E-state index in [4.69, 9.17) is 4.74 Å². The van der Waals surface area contributed by atoms with Crippen LogP contribution in [-0.2, 0) is 0 Å². The molecule has 0 heterocycles. The third-order valence-corrected chi connectivity index (χ3v) is 2.76. The summed E-state index contributed by atoms with van der Waals surface area (Å²) in [5.41, 5.74) is 1.78. The molecule has 1 aromatic carbocycles. The Labute approximate surface area is 109 Å². The summed E-state index contributed by atoms with van der Waals surface area (Å²) in [6.45, 7) is 2.38. The Morgan fingerprint density at radius 2 is 2.17 bits per heavy atom. The fourth-order valence-electron chi connectivity index (χ4n) is 1.74. The number of hydrogen-bond acceptors (Lipinski definition) is 2. The first-order valence-corrected chi connectivity index (χ1v) is 6.08. The molecule has 2 rings (SSSR count). The zero-order valence-electron chi connectivity index (χ0n) is 10.4. The maximum atomic E-state index is 9.91. The van der Waals surface area contributed by atoms with E-state index in [1.807, 2.05) is 43.3 Å². The molecule has 0 amide bonds. The van der Waals surface area contributed by atoms with Gasteiger partial charge in [0.25, 0.3) is 0 Å². The third kappa shape index (κ3) is 3.23. The molecule has 2 heteroatoms. The molecule has 0 bridgehead atoms. The van der Waals surface area contributed by atoms with Gasteiger partial charge in [0.05, 0.1) is 6.10 Å². The van der Waals surface area contributed by atoms with Gasteiger partial charge in [0.1, 0.15) is 12.4 Å². The molecule has 0 spiro atoms. The fourth-order valence-corrected chi connectivity index (χ4v) is 1.74. The van der Waals surface area contributed by atoms with E-state index in [-0.39, 0.29) is 0 Å². The van der Waals surface area contributed by atoms with Crippen LogP contribution in [0.15, 0.2) is 48.1 Å². The Balaban J connectivity index is 2.04. The van der Waals surface area contributed by atoms with Crippen molar-refractivity contribution in [2.24, 2.45) is 0 Å². The lowest BCUT2D eigenvalue weighted by Crippen LogP contribution is -2.06. The lowest BCUT2D eigenvalue weighted by Gasteiger charge is -2.16. The molecule has 0 aromatic heterocycles. The minimum atomic E-state index is -0.479. The van der Waals surface area contributed by atoms with Gasteiger partial charge >= 0.3 is 0 Å². The van der Waals surface area contributed by atoms with Crippen molar-refractivity contribution in [3.05, 3.63) is 66.5 Å². The number of aliphatic hydroxyl groups is 1. The van der Waals surface area contributed by atoms with E-state index < -0.39 is 6.10 Å². The van der Waals surface area contributed by atoms with Gasteiger partial charge in [-0.25, -0.2) is 0 Å². The summed E-state index contributed by atoms with van der Waals surface area (Å²) in [6, 6.07) is 7.58. The molecule has 1 aliphatic carbocycles. The second-order valence-electron chi connectivity index (χ2n) is 4.07. The summed E-state index contributed by atoms with van der Waals surface area (Å²) >= 11 is 0. The highest BCUT2D eigenvalue weighted by Gasteiger charge is 2.11. The lowest BCUT2D eigenvalue weighted by atomic mass is 10.1.